The molecule has 0 unspecified atom stereocenters. The fourth-order valence-electron chi connectivity index (χ4n) is 3.75. The molecule has 3 aromatic rings. The summed E-state index contributed by atoms with van der Waals surface area (Å²) in [5.41, 5.74) is 3.09. The second-order valence-corrected chi connectivity index (χ2v) is 8.60. The first-order valence-electron chi connectivity index (χ1n) is 10.2. The Bertz CT molecular complexity index is 1080. The first-order chi connectivity index (χ1) is 14.7. The third-order valence-electron chi connectivity index (χ3n) is 5.55. The van der Waals surface area contributed by atoms with Crippen molar-refractivity contribution in [2.75, 3.05) is 13.1 Å². The topological polar surface area (TPSA) is 58.8 Å². The second kappa shape index (κ2) is 8.22. The van der Waals surface area contributed by atoms with E-state index in [1.54, 1.807) is 16.2 Å². The number of allylic oxidation sites excluding steroid dienone is 1. The Kier molecular flexibility index (Phi) is 5.29. The molecule has 5 rings (SSSR count). The number of hydrogen-bond donors (Lipinski definition) is 1. The highest BCUT2D eigenvalue weighted by atomic mass is 32.1. The normalized spacial score (nSPS) is 20.7. The Morgan fingerprint density at radius 1 is 1.13 bits per heavy atom. The molecule has 1 saturated heterocycles. The summed E-state index contributed by atoms with van der Waals surface area (Å²) >= 11 is 1.72. The predicted octanol–water partition coefficient (Wildman–Crippen LogP) is 4.17. The summed E-state index contributed by atoms with van der Waals surface area (Å²) in [5, 5.41) is 12.6. The first-order valence-corrected chi connectivity index (χ1v) is 11.0. The predicted molar refractivity (Wildman–Crippen MR) is 116 cm³/mol. The third-order valence-corrected chi connectivity index (χ3v) is 6.54. The number of aliphatic hydroxyl groups excluding tert-OH is 1. The van der Waals surface area contributed by atoms with Crippen LogP contribution < -0.4 is 0 Å². The number of ether oxygens (including phenoxy) is 2. The Balaban J connectivity index is 1.37. The van der Waals surface area contributed by atoms with Gasteiger partial charge in [-0.05, 0) is 39.6 Å². The van der Waals surface area contributed by atoms with Crippen molar-refractivity contribution in [2.24, 2.45) is 0 Å². The highest BCUT2D eigenvalue weighted by Gasteiger charge is 2.35. The van der Waals surface area contributed by atoms with Gasteiger partial charge in [-0.25, -0.2) is 0 Å². The number of aliphatic hydroxyl groups is 1. The van der Waals surface area contributed by atoms with Crippen LogP contribution in [0.15, 0.2) is 65.7 Å². The van der Waals surface area contributed by atoms with Crippen LogP contribution >= 0.6 is 11.3 Å². The quantitative estimate of drug-likeness (QED) is 0.607. The molecule has 0 aliphatic carbocycles. The van der Waals surface area contributed by atoms with Crippen molar-refractivity contribution in [3.63, 3.8) is 0 Å². The van der Waals surface area contributed by atoms with E-state index >= 15 is 0 Å². The van der Waals surface area contributed by atoms with Crippen molar-refractivity contribution in [3.8, 4) is 0 Å². The maximum atomic E-state index is 12.7. The molecule has 6 heteroatoms. The van der Waals surface area contributed by atoms with Gasteiger partial charge >= 0.3 is 0 Å². The lowest BCUT2D eigenvalue weighted by atomic mass is 9.92. The van der Waals surface area contributed by atoms with Gasteiger partial charge in [0.2, 0.25) is 6.29 Å². The SMILES string of the molecule is O=C(C1=C[C@@H](c2csc3ccccc23)C[C@@H](OCc2ccc(CO)cc2)O1)N1CC1. The maximum Gasteiger partial charge on any atom is 0.288 e. The fraction of sp³-hybridized carbons (Fsp3) is 0.292. The standard InChI is InChI=1S/C24H23NO4S/c26-13-16-5-7-17(8-6-16)14-28-23-12-18(11-21(29-23)24(27)25-9-10-25)20-15-30-22-4-2-1-3-19(20)22/h1-8,11,15,18,23,26H,9-10,12-14H2/t18-,23+/m1/s1. The van der Waals surface area contributed by atoms with Crippen molar-refractivity contribution in [2.45, 2.75) is 31.8 Å². The molecule has 3 heterocycles. The zero-order chi connectivity index (χ0) is 20.5. The van der Waals surface area contributed by atoms with E-state index in [0.29, 0.717) is 18.8 Å². The van der Waals surface area contributed by atoms with Crippen LogP contribution in [0.1, 0.15) is 29.0 Å². The average molecular weight is 422 g/mol. The molecule has 30 heavy (non-hydrogen) atoms. The molecule has 154 valence electrons. The zero-order valence-electron chi connectivity index (χ0n) is 16.5. The smallest absolute Gasteiger partial charge is 0.288 e. The number of carbonyl (C=O) groups excluding carboxylic acids is 1. The minimum absolute atomic E-state index is 0.0237. The lowest BCUT2D eigenvalue weighted by Crippen LogP contribution is -2.29. The maximum absolute atomic E-state index is 12.7. The minimum atomic E-state index is -0.491. The monoisotopic (exact) mass is 421 g/mol. The second-order valence-electron chi connectivity index (χ2n) is 7.69. The van der Waals surface area contributed by atoms with Gasteiger partial charge in [-0.3, -0.25) is 4.79 Å². The molecule has 5 nitrogen and oxygen atoms in total. The molecule has 0 spiro atoms. The van der Waals surface area contributed by atoms with Gasteiger partial charge in [-0.2, -0.15) is 0 Å². The van der Waals surface area contributed by atoms with Crippen molar-refractivity contribution < 1.29 is 19.4 Å². The largest absolute Gasteiger partial charge is 0.459 e. The highest BCUT2D eigenvalue weighted by molar-refractivity contribution is 7.17. The summed E-state index contributed by atoms with van der Waals surface area (Å²) in [6, 6.07) is 16.0. The Morgan fingerprint density at radius 2 is 1.90 bits per heavy atom. The van der Waals surface area contributed by atoms with Crippen molar-refractivity contribution >= 4 is 27.3 Å². The molecule has 2 aliphatic heterocycles. The van der Waals surface area contributed by atoms with E-state index in [0.717, 1.165) is 24.2 Å². The number of hydrogen-bond acceptors (Lipinski definition) is 5. The van der Waals surface area contributed by atoms with Crippen LogP contribution in [0.3, 0.4) is 0 Å². The van der Waals surface area contributed by atoms with Crippen molar-refractivity contribution in [1.82, 2.24) is 4.90 Å². The van der Waals surface area contributed by atoms with Gasteiger partial charge in [-0.1, -0.05) is 42.5 Å². The van der Waals surface area contributed by atoms with Gasteiger partial charge in [0.15, 0.2) is 5.76 Å². The Hall–Kier alpha value is -2.67. The zero-order valence-corrected chi connectivity index (χ0v) is 17.3. The minimum Gasteiger partial charge on any atom is -0.459 e. The van der Waals surface area contributed by atoms with Crippen molar-refractivity contribution in [3.05, 3.63) is 82.4 Å². The van der Waals surface area contributed by atoms with Gasteiger partial charge in [-0.15, -0.1) is 11.3 Å². The number of amides is 1. The van der Waals surface area contributed by atoms with Crippen LogP contribution in [0.2, 0.25) is 0 Å². The molecule has 1 amide bonds. The van der Waals surface area contributed by atoms with Gasteiger partial charge in [0.25, 0.3) is 5.91 Å². The van der Waals surface area contributed by atoms with E-state index in [4.69, 9.17) is 9.47 Å². The van der Waals surface area contributed by atoms with E-state index < -0.39 is 6.29 Å². The first kappa shape index (κ1) is 19.3. The van der Waals surface area contributed by atoms with E-state index in [-0.39, 0.29) is 18.4 Å². The van der Waals surface area contributed by atoms with Gasteiger partial charge in [0.05, 0.1) is 13.2 Å². The number of carbonyl (C=O) groups is 1. The average Bonchev–Trinajstić information content (AvgIpc) is 3.56. The Morgan fingerprint density at radius 3 is 2.67 bits per heavy atom. The van der Waals surface area contributed by atoms with Crippen LogP contribution in [-0.4, -0.2) is 35.3 Å². The van der Waals surface area contributed by atoms with Crippen molar-refractivity contribution in [1.29, 1.82) is 0 Å². The van der Waals surface area contributed by atoms with E-state index in [1.807, 2.05) is 42.5 Å². The van der Waals surface area contributed by atoms with Crippen LogP contribution in [0.5, 0.6) is 0 Å². The molecule has 0 bridgehead atoms. The summed E-state index contributed by atoms with van der Waals surface area (Å²) in [5.74, 6) is 0.398. The van der Waals surface area contributed by atoms with Gasteiger partial charge in [0.1, 0.15) is 0 Å². The lowest BCUT2D eigenvalue weighted by molar-refractivity contribution is -0.152. The summed E-state index contributed by atoms with van der Waals surface area (Å²) in [4.78, 5) is 14.5. The molecular weight excluding hydrogens is 398 g/mol. The van der Waals surface area contributed by atoms with Gasteiger partial charge < -0.3 is 19.5 Å². The molecule has 0 radical (unpaired) electrons. The molecular formula is C24H23NO4S. The highest BCUT2D eigenvalue weighted by Crippen LogP contribution is 2.38. The van der Waals surface area contributed by atoms with E-state index in [9.17, 15) is 9.90 Å². The molecule has 1 N–H and O–H groups in total. The van der Waals surface area contributed by atoms with Crippen LogP contribution in [0, 0.1) is 0 Å². The summed E-state index contributed by atoms with van der Waals surface area (Å²) in [6.07, 6.45) is 2.13. The molecule has 1 fully saturated rings. The fourth-order valence-corrected chi connectivity index (χ4v) is 4.78. The molecule has 0 saturated carbocycles. The van der Waals surface area contributed by atoms with Crippen LogP contribution in [0.25, 0.3) is 10.1 Å². The number of thiophene rings is 1. The summed E-state index contributed by atoms with van der Waals surface area (Å²) in [7, 11) is 0. The number of nitrogens with zero attached hydrogens (tertiary/aromatic N) is 1. The lowest BCUT2D eigenvalue weighted by Gasteiger charge is -2.29. The van der Waals surface area contributed by atoms with Crippen LogP contribution in [0.4, 0.5) is 0 Å². The van der Waals surface area contributed by atoms with Gasteiger partial charge in [0, 0.05) is 30.1 Å². The molecule has 2 atom stereocenters. The van der Waals surface area contributed by atoms with E-state index in [2.05, 4.69) is 17.5 Å². The number of benzene rings is 2. The third kappa shape index (κ3) is 3.99. The Labute approximate surface area is 179 Å². The molecule has 2 aliphatic rings. The molecule has 2 aromatic carbocycles. The van der Waals surface area contributed by atoms with Crippen LogP contribution in [-0.2, 0) is 27.5 Å². The summed E-state index contributed by atoms with van der Waals surface area (Å²) < 4.78 is 13.3. The number of rotatable bonds is 6. The van der Waals surface area contributed by atoms with E-state index in [1.165, 1.54) is 15.6 Å². The number of fused-ring (bicyclic) bond motifs is 1. The molecule has 1 aromatic heterocycles. The summed E-state index contributed by atoms with van der Waals surface area (Å²) in [6.45, 7) is 1.98.